The van der Waals surface area contributed by atoms with Crippen LogP contribution in [-0.2, 0) is 22.8 Å². The number of thioether (sulfide) groups is 2. The number of hydrogen-bond donors (Lipinski definition) is 1. The Morgan fingerprint density at radius 1 is 1.22 bits per heavy atom. The van der Waals surface area contributed by atoms with Crippen molar-refractivity contribution >= 4 is 58.3 Å². The highest BCUT2D eigenvalue weighted by atomic mass is 35.5. The summed E-state index contributed by atoms with van der Waals surface area (Å²) in [5.74, 6) is 1.59. The van der Waals surface area contributed by atoms with Gasteiger partial charge in [0.1, 0.15) is 11.6 Å². The maximum absolute atomic E-state index is 13.4. The van der Waals surface area contributed by atoms with E-state index in [4.69, 9.17) is 23.2 Å². The maximum atomic E-state index is 13.4. The summed E-state index contributed by atoms with van der Waals surface area (Å²) in [6.45, 7) is 6.13. The molecule has 0 unspecified atom stereocenters. The number of amides is 1. The lowest BCUT2D eigenvalue weighted by atomic mass is 10.2. The van der Waals surface area contributed by atoms with E-state index < -0.39 is 5.82 Å². The maximum Gasteiger partial charge on any atom is 0.234 e. The number of nitrogens with zero attached hydrogens (tertiary/aromatic N) is 3. The number of hydrogen-bond acceptors (Lipinski definition) is 5. The molecular formula is C22H21Cl2FN4OS2. The molecule has 0 saturated carbocycles. The summed E-state index contributed by atoms with van der Waals surface area (Å²) >= 11 is 15.1. The molecule has 3 rings (SSSR count). The molecule has 168 valence electrons. The van der Waals surface area contributed by atoms with Crippen molar-refractivity contribution in [1.82, 2.24) is 14.8 Å². The molecule has 1 heterocycles. The van der Waals surface area contributed by atoms with Crippen molar-refractivity contribution in [3.05, 3.63) is 81.9 Å². The zero-order valence-corrected chi connectivity index (χ0v) is 20.4. The molecule has 1 N–H and O–H groups in total. The van der Waals surface area contributed by atoms with Gasteiger partial charge in [0.25, 0.3) is 0 Å². The first-order valence-electron chi connectivity index (χ1n) is 9.61. The third-order valence-electron chi connectivity index (χ3n) is 4.42. The minimum absolute atomic E-state index is 0.124. The highest BCUT2D eigenvalue weighted by Gasteiger charge is 2.15. The summed E-state index contributed by atoms with van der Waals surface area (Å²) in [4.78, 5) is 12.4. The lowest BCUT2D eigenvalue weighted by molar-refractivity contribution is -0.113. The SMILES string of the molecule is C=CCn1c(CSCc2ccc(Cl)cc2Cl)nnc1SCC(=O)Nc1cc(F)ccc1C. The van der Waals surface area contributed by atoms with E-state index >= 15 is 0 Å². The molecule has 0 spiro atoms. The molecule has 0 radical (unpaired) electrons. The van der Waals surface area contributed by atoms with Crippen LogP contribution in [0.5, 0.6) is 0 Å². The lowest BCUT2D eigenvalue weighted by Gasteiger charge is -2.10. The molecule has 0 saturated heterocycles. The summed E-state index contributed by atoms with van der Waals surface area (Å²) in [6.07, 6.45) is 1.76. The molecule has 3 aromatic rings. The molecule has 5 nitrogen and oxygen atoms in total. The molecular weight excluding hydrogens is 490 g/mol. The van der Waals surface area contributed by atoms with Gasteiger partial charge in [-0.25, -0.2) is 4.39 Å². The first kappa shape index (κ1) is 24.6. The van der Waals surface area contributed by atoms with Crippen molar-refractivity contribution < 1.29 is 9.18 Å². The van der Waals surface area contributed by atoms with E-state index in [0.717, 1.165) is 17.0 Å². The molecule has 0 atom stereocenters. The number of aryl methyl sites for hydroxylation is 1. The van der Waals surface area contributed by atoms with E-state index in [1.165, 1.54) is 23.9 Å². The van der Waals surface area contributed by atoms with E-state index in [1.54, 1.807) is 30.0 Å². The first-order valence-corrected chi connectivity index (χ1v) is 12.5. The third kappa shape index (κ3) is 6.75. The summed E-state index contributed by atoms with van der Waals surface area (Å²) < 4.78 is 15.4. The van der Waals surface area contributed by atoms with E-state index in [-0.39, 0.29) is 11.7 Å². The number of halogens is 3. The molecule has 10 heteroatoms. The summed E-state index contributed by atoms with van der Waals surface area (Å²) in [6, 6.07) is 9.74. The third-order valence-corrected chi connectivity index (χ3v) is 6.95. The molecule has 0 fully saturated rings. The number of allylic oxidation sites excluding steroid dienone is 1. The van der Waals surface area contributed by atoms with Crippen molar-refractivity contribution in [3.8, 4) is 0 Å². The Kier molecular flexibility index (Phi) is 9.04. The summed E-state index contributed by atoms with van der Waals surface area (Å²) in [7, 11) is 0. The molecule has 0 aliphatic carbocycles. The van der Waals surface area contributed by atoms with Crippen molar-refractivity contribution in [2.24, 2.45) is 0 Å². The zero-order valence-electron chi connectivity index (χ0n) is 17.3. The predicted molar refractivity (Wildman–Crippen MR) is 132 cm³/mol. The zero-order chi connectivity index (χ0) is 23.1. The Morgan fingerprint density at radius 2 is 2.03 bits per heavy atom. The van der Waals surface area contributed by atoms with Gasteiger partial charge in [0, 0.05) is 28.0 Å². The van der Waals surface area contributed by atoms with E-state index in [9.17, 15) is 9.18 Å². The van der Waals surface area contributed by atoms with Gasteiger partial charge in [0.15, 0.2) is 5.16 Å². The van der Waals surface area contributed by atoms with Crippen LogP contribution in [0.25, 0.3) is 0 Å². The van der Waals surface area contributed by atoms with Crippen LogP contribution in [-0.4, -0.2) is 26.4 Å². The molecule has 2 aromatic carbocycles. The minimum atomic E-state index is -0.397. The normalized spacial score (nSPS) is 10.9. The standard InChI is InChI=1S/C22H21Cl2FN4OS2/c1-3-8-29-20(12-31-11-15-5-6-16(23)9-18(15)24)27-28-22(29)32-13-21(30)26-19-10-17(25)7-4-14(19)2/h3-7,9-10H,1,8,11-13H2,2H3,(H,26,30). The fourth-order valence-corrected chi connectivity index (χ4v) is 5.07. The number of nitrogens with one attached hydrogen (secondary N) is 1. The van der Waals surface area contributed by atoms with Crippen LogP contribution in [0.4, 0.5) is 10.1 Å². The predicted octanol–water partition coefficient (Wildman–Crippen LogP) is 6.38. The van der Waals surface area contributed by atoms with Gasteiger partial charge in [-0.1, -0.05) is 53.2 Å². The van der Waals surface area contributed by atoms with Crippen molar-refractivity contribution in [2.75, 3.05) is 11.1 Å². The van der Waals surface area contributed by atoms with Gasteiger partial charge in [-0.3, -0.25) is 4.79 Å². The fraction of sp³-hybridized carbons (Fsp3) is 0.227. The lowest BCUT2D eigenvalue weighted by Crippen LogP contribution is -2.15. The second kappa shape index (κ2) is 11.7. The second-order valence-corrected chi connectivity index (χ2v) is 9.59. The van der Waals surface area contributed by atoms with E-state index in [0.29, 0.717) is 38.9 Å². The number of carbonyl (C=O) groups is 1. The van der Waals surface area contributed by atoms with Crippen LogP contribution in [0.2, 0.25) is 10.0 Å². The summed E-state index contributed by atoms with van der Waals surface area (Å²) in [5, 5.41) is 13.1. The van der Waals surface area contributed by atoms with E-state index in [2.05, 4.69) is 22.1 Å². The second-order valence-electron chi connectivity index (χ2n) is 6.82. The van der Waals surface area contributed by atoms with Crippen LogP contribution in [0.3, 0.4) is 0 Å². The summed E-state index contributed by atoms with van der Waals surface area (Å²) in [5.41, 5.74) is 2.25. The van der Waals surface area contributed by atoms with Crippen LogP contribution in [0.1, 0.15) is 17.0 Å². The van der Waals surface area contributed by atoms with Crippen LogP contribution < -0.4 is 5.32 Å². The van der Waals surface area contributed by atoms with Crippen LogP contribution >= 0.6 is 46.7 Å². The van der Waals surface area contributed by atoms with Gasteiger partial charge in [0.2, 0.25) is 5.91 Å². The Hall–Kier alpha value is -2.00. The molecule has 1 aromatic heterocycles. The molecule has 0 bridgehead atoms. The number of anilines is 1. The Morgan fingerprint density at radius 3 is 2.78 bits per heavy atom. The number of rotatable bonds is 10. The molecule has 1 amide bonds. The van der Waals surface area contributed by atoms with Gasteiger partial charge in [-0.05, 0) is 42.3 Å². The van der Waals surface area contributed by atoms with Gasteiger partial charge in [0.05, 0.1) is 11.5 Å². The van der Waals surface area contributed by atoms with Crippen LogP contribution in [0.15, 0.2) is 54.2 Å². The highest BCUT2D eigenvalue weighted by Crippen LogP contribution is 2.27. The monoisotopic (exact) mass is 510 g/mol. The fourth-order valence-electron chi connectivity index (χ4n) is 2.78. The van der Waals surface area contributed by atoms with Crippen molar-refractivity contribution in [2.45, 2.75) is 30.1 Å². The largest absolute Gasteiger partial charge is 0.325 e. The highest BCUT2D eigenvalue weighted by molar-refractivity contribution is 7.99. The number of carbonyl (C=O) groups excluding carboxylic acids is 1. The van der Waals surface area contributed by atoms with Gasteiger partial charge < -0.3 is 9.88 Å². The van der Waals surface area contributed by atoms with Gasteiger partial charge in [-0.2, -0.15) is 0 Å². The molecule has 0 aliphatic heterocycles. The number of benzene rings is 2. The molecule has 32 heavy (non-hydrogen) atoms. The topological polar surface area (TPSA) is 59.8 Å². The average molecular weight is 511 g/mol. The van der Waals surface area contributed by atoms with Crippen molar-refractivity contribution in [3.63, 3.8) is 0 Å². The smallest absolute Gasteiger partial charge is 0.234 e. The Balaban J connectivity index is 1.59. The Bertz CT molecular complexity index is 1120. The Labute approximate surface area is 204 Å². The first-order chi connectivity index (χ1) is 15.4. The van der Waals surface area contributed by atoms with Gasteiger partial charge >= 0.3 is 0 Å². The molecule has 0 aliphatic rings. The van der Waals surface area contributed by atoms with Crippen LogP contribution in [0, 0.1) is 12.7 Å². The number of aromatic nitrogens is 3. The van der Waals surface area contributed by atoms with E-state index in [1.807, 2.05) is 23.6 Å². The quantitative estimate of drug-likeness (QED) is 0.253. The van der Waals surface area contributed by atoms with Crippen molar-refractivity contribution in [1.29, 1.82) is 0 Å². The average Bonchev–Trinajstić information content (AvgIpc) is 3.13. The van der Waals surface area contributed by atoms with Gasteiger partial charge in [-0.15, -0.1) is 28.5 Å². The minimum Gasteiger partial charge on any atom is -0.325 e.